The molecule has 5 rings (SSSR count). The summed E-state index contributed by atoms with van der Waals surface area (Å²) >= 11 is 0. The molecule has 1 saturated carbocycles. The van der Waals surface area contributed by atoms with Crippen LogP contribution >= 0.6 is 0 Å². The number of aromatic nitrogens is 4. The number of carbonyl (C=O) groups excluding carboxylic acids is 3. The van der Waals surface area contributed by atoms with E-state index in [-0.39, 0.29) is 37.2 Å². The largest absolute Gasteiger partial charge is 0.479 e. The molecule has 0 unspecified atom stereocenters. The fourth-order valence-electron chi connectivity index (χ4n) is 6.03. The van der Waals surface area contributed by atoms with Crippen LogP contribution in [0.15, 0.2) is 36.4 Å². The van der Waals surface area contributed by atoms with Crippen molar-refractivity contribution in [2.45, 2.75) is 101 Å². The number of amides is 3. The molecule has 3 amide bonds. The number of benzene rings is 1. The number of tetrazole rings is 1. The van der Waals surface area contributed by atoms with E-state index in [1.807, 2.05) is 6.08 Å². The number of alkyl halides is 3. The monoisotopic (exact) mass is 661 g/mol. The van der Waals surface area contributed by atoms with Crippen molar-refractivity contribution < 1.29 is 42.2 Å². The van der Waals surface area contributed by atoms with Gasteiger partial charge in [-0.25, -0.2) is 9.59 Å². The first-order valence-corrected chi connectivity index (χ1v) is 15.6. The van der Waals surface area contributed by atoms with Crippen LogP contribution in [0.5, 0.6) is 0 Å². The molecule has 1 aromatic carbocycles. The predicted molar refractivity (Wildman–Crippen MR) is 159 cm³/mol. The number of nitrogens with one attached hydrogen (secondary N) is 2. The Bertz CT molecular complexity index is 1550. The summed E-state index contributed by atoms with van der Waals surface area (Å²) in [6.07, 6.45) is 1.55. The highest BCUT2D eigenvalue weighted by Crippen LogP contribution is 2.45. The Morgan fingerprint density at radius 3 is 2.62 bits per heavy atom. The minimum absolute atomic E-state index is 0.0364. The molecule has 3 heterocycles. The lowest BCUT2D eigenvalue weighted by atomic mass is 10.0. The van der Waals surface area contributed by atoms with Gasteiger partial charge in [-0.2, -0.15) is 18.0 Å². The van der Waals surface area contributed by atoms with Crippen molar-refractivity contribution in [3.63, 3.8) is 0 Å². The molecule has 254 valence electrons. The van der Waals surface area contributed by atoms with E-state index in [9.17, 15) is 37.5 Å². The van der Waals surface area contributed by atoms with Crippen LogP contribution in [0.1, 0.15) is 77.3 Å². The van der Waals surface area contributed by atoms with Crippen molar-refractivity contribution >= 4 is 23.9 Å². The SMILES string of the molecule is CC(C)(C)OC(=O)N[C@@H]1CCCCC/C=C\[C@@H]2C[C@]2(C(=O)O)NC(=O)[C@@H]2C[C@H](n3nnc(-c4cccc(C(F)(F)F)c4)n3)CN2C1=O. The number of halogens is 3. The quantitative estimate of drug-likeness (QED) is 0.412. The van der Waals surface area contributed by atoms with Crippen molar-refractivity contribution in [1.29, 1.82) is 0 Å². The van der Waals surface area contributed by atoms with Crippen LogP contribution in [0, 0.1) is 5.92 Å². The number of rotatable bonds is 4. The van der Waals surface area contributed by atoms with E-state index >= 15 is 0 Å². The number of hydrogen-bond donors (Lipinski definition) is 3. The fourth-order valence-corrected chi connectivity index (χ4v) is 6.03. The van der Waals surface area contributed by atoms with E-state index in [2.05, 4.69) is 26.0 Å². The first kappa shape index (κ1) is 33.9. The smallest absolute Gasteiger partial charge is 0.416 e. The maximum absolute atomic E-state index is 14.1. The van der Waals surface area contributed by atoms with Crippen LogP contribution in [0.4, 0.5) is 18.0 Å². The van der Waals surface area contributed by atoms with Gasteiger partial charge in [0, 0.05) is 24.4 Å². The molecule has 47 heavy (non-hydrogen) atoms. The second kappa shape index (κ2) is 13.0. The Balaban J connectivity index is 1.45. The zero-order valence-corrected chi connectivity index (χ0v) is 26.3. The summed E-state index contributed by atoms with van der Waals surface area (Å²) in [7, 11) is 0. The molecule has 0 spiro atoms. The van der Waals surface area contributed by atoms with Gasteiger partial charge in [-0.05, 0) is 63.8 Å². The molecule has 1 saturated heterocycles. The second-order valence-electron chi connectivity index (χ2n) is 13.2. The summed E-state index contributed by atoms with van der Waals surface area (Å²) < 4.78 is 45.3. The highest BCUT2D eigenvalue weighted by molar-refractivity contribution is 5.96. The normalized spacial score (nSPS) is 27.8. The summed E-state index contributed by atoms with van der Waals surface area (Å²) in [4.78, 5) is 55.4. The van der Waals surface area contributed by atoms with Gasteiger partial charge < -0.3 is 25.4 Å². The van der Waals surface area contributed by atoms with Crippen molar-refractivity contribution in [2.24, 2.45) is 5.92 Å². The van der Waals surface area contributed by atoms with Crippen LogP contribution in [0.25, 0.3) is 11.4 Å². The number of aliphatic carboxylic acids is 1. The van der Waals surface area contributed by atoms with Gasteiger partial charge >= 0.3 is 18.2 Å². The number of carbonyl (C=O) groups is 4. The van der Waals surface area contributed by atoms with Crippen LogP contribution in [-0.4, -0.2) is 83.9 Å². The van der Waals surface area contributed by atoms with Gasteiger partial charge in [-0.1, -0.05) is 37.1 Å². The standard InChI is InChI=1S/C31H38F3N7O6/c1-29(2,3)47-28(46)35-22-13-8-6-4-5-7-11-20-16-30(20,27(44)45)36-25(42)23-15-21(17-40(23)26(22)43)41-38-24(37-39-41)18-10-9-12-19(14-18)31(32,33)34/h7,9-12,14,20-23H,4-6,8,13,15-17H2,1-3H3,(H,35,46)(H,36,42)(H,44,45)/b11-7-/t20-,21+,22-,23+,30+/m1/s1. The zero-order valence-electron chi connectivity index (χ0n) is 26.3. The number of fused-ring (bicyclic) bond motifs is 2. The molecule has 5 atom stereocenters. The lowest BCUT2D eigenvalue weighted by molar-refractivity contribution is -0.145. The van der Waals surface area contributed by atoms with E-state index in [1.165, 1.54) is 17.0 Å². The number of ether oxygens (including phenoxy) is 1. The molecule has 16 heteroatoms. The molecule has 0 bridgehead atoms. The number of allylic oxidation sites excluding steroid dienone is 1. The Kier molecular flexibility index (Phi) is 9.33. The Morgan fingerprint density at radius 1 is 1.15 bits per heavy atom. The first-order chi connectivity index (χ1) is 22.1. The van der Waals surface area contributed by atoms with E-state index < -0.39 is 70.8 Å². The molecule has 1 aliphatic carbocycles. The highest BCUT2D eigenvalue weighted by atomic mass is 19.4. The zero-order chi connectivity index (χ0) is 34.1. The molecule has 2 fully saturated rings. The molecule has 0 radical (unpaired) electrons. The van der Waals surface area contributed by atoms with Gasteiger partial charge in [-0.15, -0.1) is 10.2 Å². The fraction of sp³-hybridized carbons (Fsp3) is 0.581. The Hall–Kier alpha value is -4.50. The number of nitrogens with zero attached hydrogens (tertiary/aromatic N) is 5. The molecule has 1 aromatic heterocycles. The number of carboxylic acid groups (broad SMARTS) is 1. The van der Waals surface area contributed by atoms with Crippen molar-refractivity contribution in [3.05, 3.63) is 42.0 Å². The van der Waals surface area contributed by atoms with E-state index in [4.69, 9.17) is 4.74 Å². The van der Waals surface area contributed by atoms with Crippen LogP contribution < -0.4 is 10.6 Å². The molecule has 3 N–H and O–H groups in total. The highest BCUT2D eigenvalue weighted by Gasteiger charge is 2.61. The molecular formula is C31H38F3N7O6. The van der Waals surface area contributed by atoms with Crippen molar-refractivity contribution in [3.8, 4) is 11.4 Å². The third-order valence-electron chi connectivity index (χ3n) is 8.53. The Morgan fingerprint density at radius 2 is 1.91 bits per heavy atom. The van der Waals surface area contributed by atoms with E-state index in [0.29, 0.717) is 12.8 Å². The number of carboxylic acids is 1. The number of alkyl carbamates (subject to hydrolysis) is 1. The maximum Gasteiger partial charge on any atom is 0.416 e. The van der Waals surface area contributed by atoms with Gasteiger partial charge in [0.25, 0.3) is 0 Å². The molecule has 2 aromatic rings. The average Bonchev–Trinajstić information content (AvgIpc) is 3.31. The first-order valence-electron chi connectivity index (χ1n) is 15.6. The van der Waals surface area contributed by atoms with Crippen molar-refractivity contribution in [1.82, 2.24) is 35.7 Å². The molecular weight excluding hydrogens is 623 g/mol. The topological polar surface area (TPSA) is 169 Å². The summed E-state index contributed by atoms with van der Waals surface area (Å²) in [5.74, 6) is -2.95. The van der Waals surface area contributed by atoms with Gasteiger partial charge in [0.1, 0.15) is 23.2 Å². The van der Waals surface area contributed by atoms with Gasteiger partial charge in [-0.3, -0.25) is 9.59 Å². The maximum atomic E-state index is 14.1. The van der Waals surface area contributed by atoms with Crippen LogP contribution in [-0.2, 0) is 25.3 Å². The average molecular weight is 662 g/mol. The molecule has 3 aliphatic rings. The summed E-state index contributed by atoms with van der Waals surface area (Å²) in [6.45, 7) is 4.95. The van der Waals surface area contributed by atoms with Gasteiger partial charge in [0.15, 0.2) is 0 Å². The minimum Gasteiger partial charge on any atom is -0.479 e. The van der Waals surface area contributed by atoms with Gasteiger partial charge in [0.2, 0.25) is 17.6 Å². The number of hydrogen-bond acceptors (Lipinski definition) is 8. The lowest BCUT2D eigenvalue weighted by Crippen LogP contribution is -2.56. The predicted octanol–water partition coefficient (Wildman–Crippen LogP) is 3.87. The van der Waals surface area contributed by atoms with E-state index in [1.54, 1.807) is 26.8 Å². The third kappa shape index (κ3) is 7.73. The summed E-state index contributed by atoms with van der Waals surface area (Å²) in [6, 6.07) is 1.51. The van der Waals surface area contributed by atoms with Crippen LogP contribution in [0.2, 0.25) is 0 Å². The summed E-state index contributed by atoms with van der Waals surface area (Å²) in [5.41, 5.74) is -3.16. The van der Waals surface area contributed by atoms with E-state index in [0.717, 1.165) is 29.8 Å². The van der Waals surface area contributed by atoms with Crippen LogP contribution in [0.3, 0.4) is 0 Å². The summed E-state index contributed by atoms with van der Waals surface area (Å²) in [5, 5.41) is 27.6. The lowest BCUT2D eigenvalue weighted by Gasteiger charge is -2.30. The van der Waals surface area contributed by atoms with Crippen molar-refractivity contribution in [2.75, 3.05) is 6.54 Å². The second-order valence-corrected chi connectivity index (χ2v) is 13.2. The molecule has 13 nitrogen and oxygen atoms in total. The third-order valence-corrected chi connectivity index (χ3v) is 8.53. The molecule has 2 aliphatic heterocycles. The Labute approximate surface area is 268 Å². The minimum atomic E-state index is -4.58. The van der Waals surface area contributed by atoms with Gasteiger partial charge in [0.05, 0.1) is 11.6 Å².